The third kappa shape index (κ3) is 2.65. The Hall–Kier alpha value is -1.38. The standard InChI is InChI=1S/C14H13ClFN/c1-9(17)13-7-6-12(16)8-14(13)10-2-4-11(15)5-3-10/h2-9H,17H2,1H3. The van der Waals surface area contributed by atoms with E-state index in [2.05, 4.69) is 0 Å². The number of halogens is 2. The van der Waals surface area contributed by atoms with E-state index < -0.39 is 0 Å². The van der Waals surface area contributed by atoms with E-state index in [1.54, 1.807) is 18.2 Å². The lowest BCUT2D eigenvalue weighted by molar-refractivity contribution is 0.626. The molecule has 2 rings (SSSR count). The van der Waals surface area contributed by atoms with Gasteiger partial charge >= 0.3 is 0 Å². The molecule has 0 spiro atoms. The summed E-state index contributed by atoms with van der Waals surface area (Å²) < 4.78 is 13.3. The van der Waals surface area contributed by atoms with Crippen molar-refractivity contribution in [1.82, 2.24) is 0 Å². The Morgan fingerprint density at radius 3 is 2.35 bits per heavy atom. The van der Waals surface area contributed by atoms with Gasteiger partial charge in [-0.1, -0.05) is 29.8 Å². The normalized spacial score (nSPS) is 12.5. The van der Waals surface area contributed by atoms with Gasteiger partial charge in [-0.15, -0.1) is 0 Å². The van der Waals surface area contributed by atoms with Crippen molar-refractivity contribution in [3.05, 3.63) is 58.9 Å². The van der Waals surface area contributed by atoms with Gasteiger partial charge in [-0.25, -0.2) is 4.39 Å². The van der Waals surface area contributed by atoms with Crippen molar-refractivity contribution in [1.29, 1.82) is 0 Å². The van der Waals surface area contributed by atoms with Crippen LogP contribution in [0.1, 0.15) is 18.5 Å². The van der Waals surface area contributed by atoms with Crippen molar-refractivity contribution in [2.45, 2.75) is 13.0 Å². The largest absolute Gasteiger partial charge is 0.324 e. The van der Waals surface area contributed by atoms with Crippen LogP contribution < -0.4 is 5.73 Å². The maximum absolute atomic E-state index is 13.3. The fourth-order valence-electron chi connectivity index (χ4n) is 1.81. The lowest BCUT2D eigenvalue weighted by atomic mass is 9.96. The Morgan fingerprint density at radius 1 is 1.12 bits per heavy atom. The van der Waals surface area contributed by atoms with Crippen LogP contribution in [0.15, 0.2) is 42.5 Å². The summed E-state index contributed by atoms with van der Waals surface area (Å²) in [4.78, 5) is 0. The van der Waals surface area contributed by atoms with Crippen molar-refractivity contribution in [3.8, 4) is 11.1 Å². The van der Waals surface area contributed by atoms with Gasteiger partial charge in [0.15, 0.2) is 0 Å². The van der Waals surface area contributed by atoms with Crippen LogP contribution in [-0.2, 0) is 0 Å². The number of hydrogen-bond acceptors (Lipinski definition) is 1. The lowest BCUT2D eigenvalue weighted by Crippen LogP contribution is -2.06. The van der Waals surface area contributed by atoms with Gasteiger partial charge in [0.05, 0.1) is 0 Å². The predicted octanol–water partition coefficient (Wildman–Crippen LogP) is 4.17. The van der Waals surface area contributed by atoms with Gasteiger partial charge in [0.25, 0.3) is 0 Å². The molecule has 0 saturated heterocycles. The monoisotopic (exact) mass is 249 g/mol. The maximum Gasteiger partial charge on any atom is 0.123 e. The average Bonchev–Trinajstić information content (AvgIpc) is 2.29. The van der Waals surface area contributed by atoms with Crippen molar-refractivity contribution in [2.75, 3.05) is 0 Å². The van der Waals surface area contributed by atoms with Gasteiger partial charge in [0, 0.05) is 11.1 Å². The summed E-state index contributed by atoms with van der Waals surface area (Å²) in [6, 6.07) is 11.8. The fourth-order valence-corrected chi connectivity index (χ4v) is 1.93. The molecule has 1 atom stereocenters. The summed E-state index contributed by atoms with van der Waals surface area (Å²) in [5, 5.41) is 0.660. The highest BCUT2D eigenvalue weighted by Gasteiger charge is 2.09. The van der Waals surface area contributed by atoms with Crippen LogP contribution in [0.3, 0.4) is 0 Å². The van der Waals surface area contributed by atoms with E-state index >= 15 is 0 Å². The first kappa shape index (κ1) is 12.1. The molecule has 2 N–H and O–H groups in total. The first-order valence-electron chi connectivity index (χ1n) is 5.39. The molecule has 3 heteroatoms. The average molecular weight is 250 g/mol. The maximum atomic E-state index is 13.3. The van der Waals surface area contributed by atoms with Crippen molar-refractivity contribution >= 4 is 11.6 Å². The van der Waals surface area contributed by atoms with Crippen LogP contribution in [0.4, 0.5) is 4.39 Å². The summed E-state index contributed by atoms with van der Waals surface area (Å²) in [5.41, 5.74) is 8.54. The minimum absolute atomic E-state index is 0.138. The summed E-state index contributed by atoms with van der Waals surface area (Å²) in [7, 11) is 0. The first-order chi connectivity index (χ1) is 8.08. The second kappa shape index (κ2) is 4.86. The molecule has 0 fully saturated rings. The van der Waals surface area contributed by atoms with Gasteiger partial charge in [-0.05, 0) is 47.9 Å². The van der Waals surface area contributed by atoms with Crippen LogP contribution in [0.2, 0.25) is 5.02 Å². The third-order valence-electron chi connectivity index (χ3n) is 2.66. The van der Waals surface area contributed by atoms with Gasteiger partial charge < -0.3 is 5.73 Å². The van der Waals surface area contributed by atoms with Crippen LogP contribution in [-0.4, -0.2) is 0 Å². The van der Waals surface area contributed by atoms with E-state index in [-0.39, 0.29) is 11.9 Å². The Kier molecular flexibility index (Phi) is 3.46. The van der Waals surface area contributed by atoms with Crippen LogP contribution >= 0.6 is 11.6 Å². The molecule has 0 aromatic heterocycles. The zero-order valence-corrected chi connectivity index (χ0v) is 10.2. The highest BCUT2D eigenvalue weighted by Crippen LogP contribution is 2.29. The molecule has 0 saturated carbocycles. The van der Waals surface area contributed by atoms with Gasteiger partial charge in [0.2, 0.25) is 0 Å². The Balaban J connectivity index is 2.56. The van der Waals surface area contributed by atoms with E-state index in [4.69, 9.17) is 17.3 Å². The summed E-state index contributed by atoms with van der Waals surface area (Å²) in [6.45, 7) is 1.88. The molecule has 17 heavy (non-hydrogen) atoms. The molecule has 0 radical (unpaired) electrons. The fraction of sp³-hybridized carbons (Fsp3) is 0.143. The van der Waals surface area contributed by atoms with E-state index in [0.717, 1.165) is 16.7 Å². The molecule has 0 bridgehead atoms. The van der Waals surface area contributed by atoms with E-state index in [1.807, 2.05) is 19.1 Å². The van der Waals surface area contributed by atoms with Gasteiger partial charge in [-0.3, -0.25) is 0 Å². The molecular formula is C14H13ClFN. The van der Waals surface area contributed by atoms with E-state index in [1.165, 1.54) is 12.1 Å². The lowest BCUT2D eigenvalue weighted by Gasteiger charge is -2.13. The Labute approximate surface area is 105 Å². The third-order valence-corrected chi connectivity index (χ3v) is 2.91. The summed E-state index contributed by atoms with van der Waals surface area (Å²) >= 11 is 5.83. The van der Waals surface area contributed by atoms with Crippen molar-refractivity contribution in [3.63, 3.8) is 0 Å². The molecule has 0 aliphatic carbocycles. The molecular weight excluding hydrogens is 237 g/mol. The Morgan fingerprint density at radius 2 is 1.76 bits per heavy atom. The van der Waals surface area contributed by atoms with Crippen LogP contribution in [0.25, 0.3) is 11.1 Å². The second-order valence-corrected chi connectivity index (χ2v) is 4.46. The Bertz CT molecular complexity index is 520. The van der Waals surface area contributed by atoms with Crippen molar-refractivity contribution < 1.29 is 4.39 Å². The summed E-state index contributed by atoms with van der Waals surface area (Å²) in [5.74, 6) is -0.264. The zero-order chi connectivity index (χ0) is 12.4. The smallest absolute Gasteiger partial charge is 0.123 e. The number of hydrogen-bond donors (Lipinski definition) is 1. The molecule has 2 aromatic rings. The highest BCUT2D eigenvalue weighted by molar-refractivity contribution is 6.30. The molecule has 2 aromatic carbocycles. The second-order valence-electron chi connectivity index (χ2n) is 4.03. The van der Waals surface area contributed by atoms with Gasteiger partial charge in [0.1, 0.15) is 5.82 Å². The van der Waals surface area contributed by atoms with Crippen molar-refractivity contribution in [2.24, 2.45) is 5.73 Å². The summed E-state index contributed by atoms with van der Waals surface area (Å²) in [6.07, 6.45) is 0. The number of nitrogens with two attached hydrogens (primary N) is 1. The molecule has 0 heterocycles. The highest BCUT2D eigenvalue weighted by atomic mass is 35.5. The molecule has 0 aliphatic heterocycles. The minimum Gasteiger partial charge on any atom is -0.324 e. The number of rotatable bonds is 2. The van der Waals surface area contributed by atoms with Gasteiger partial charge in [-0.2, -0.15) is 0 Å². The molecule has 0 amide bonds. The van der Waals surface area contributed by atoms with Crippen LogP contribution in [0, 0.1) is 5.82 Å². The van der Waals surface area contributed by atoms with Crippen LogP contribution in [0.5, 0.6) is 0 Å². The first-order valence-corrected chi connectivity index (χ1v) is 5.76. The minimum atomic E-state index is -0.264. The van der Waals surface area contributed by atoms with E-state index in [9.17, 15) is 4.39 Å². The SMILES string of the molecule is CC(N)c1ccc(F)cc1-c1ccc(Cl)cc1. The predicted molar refractivity (Wildman–Crippen MR) is 69.4 cm³/mol. The molecule has 1 nitrogen and oxygen atoms in total. The molecule has 1 unspecified atom stereocenters. The molecule has 0 aliphatic rings. The number of benzene rings is 2. The topological polar surface area (TPSA) is 26.0 Å². The van der Waals surface area contributed by atoms with E-state index in [0.29, 0.717) is 5.02 Å². The quantitative estimate of drug-likeness (QED) is 0.850. The zero-order valence-electron chi connectivity index (χ0n) is 9.45. The molecule has 88 valence electrons.